The number of amides is 1. The van der Waals surface area contributed by atoms with E-state index in [-0.39, 0.29) is 29.7 Å². The van der Waals surface area contributed by atoms with Crippen molar-refractivity contribution in [1.29, 1.82) is 0 Å². The Labute approximate surface area is 178 Å². The zero-order valence-electron chi connectivity index (χ0n) is 18.4. The Kier molecular flexibility index (Phi) is 5.90. The van der Waals surface area contributed by atoms with E-state index in [0.29, 0.717) is 12.3 Å². The van der Waals surface area contributed by atoms with Gasteiger partial charge in [-0.3, -0.25) is 9.59 Å². The number of hydrogen-bond donors (Lipinski definition) is 2. The maximum atomic E-state index is 13.4. The molecule has 1 aromatic carbocycles. The van der Waals surface area contributed by atoms with Gasteiger partial charge in [-0.15, -0.1) is 0 Å². The zero-order chi connectivity index (χ0) is 21.4. The van der Waals surface area contributed by atoms with Gasteiger partial charge in [0.15, 0.2) is 0 Å². The standard InChI is InChI=1S/C25H34N2O3/c1-15(2)17-7-4-10-21-24(17)20(14-26-21)16(3)13-23(28)27-12-6-9-18-19(25(29)30)8-5-11-22(18)27/h4,7,10,14-16,18-19,22,26H,5-6,8-9,11-13H2,1-3H3,(H,29,30). The van der Waals surface area contributed by atoms with E-state index in [4.69, 9.17) is 0 Å². The maximum absolute atomic E-state index is 13.4. The van der Waals surface area contributed by atoms with Crippen molar-refractivity contribution in [3.05, 3.63) is 35.5 Å². The van der Waals surface area contributed by atoms with E-state index in [1.54, 1.807) is 0 Å². The fourth-order valence-corrected chi connectivity index (χ4v) is 5.90. The molecule has 1 aliphatic heterocycles. The molecule has 2 aliphatic rings. The fourth-order valence-electron chi connectivity index (χ4n) is 5.90. The molecule has 1 saturated carbocycles. The summed E-state index contributed by atoms with van der Waals surface area (Å²) < 4.78 is 0. The second-order valence-corrected chi connectivity index (χ2v) is 9.61. The quantitative estimate of drug-likeness (QED) is 0.704. The van der Waals surface area contributed by atoms with Crippen LogP contribution in [0.2, 0.25) is 0 Å². The van der Waals surface area contributed by atoms with E-state index in [2.05, 4.69) is 50.2 Å². The lowest BCUT2D eigenvalue weighted by Gasteiger charge is -2.46. The number of hydrogen-bond acceptors (Lipinski definition) is 2. The van der Waals surface area contributed by atoms with Crippen LogP contribution in [0.5, 0.6) is 0 Å². The number of H-pyrrole nitrogens is 1. The predicted octanol–water partition coefficient (Wildman–Crippen LogP) is 5.28. The monoisotopic (exact) mass is 410 g/mol. The molecule has 2 aromatic rings. The number of rotatable bonds is 5. The number of carboxylic acid groups (broad SMARTS) is 1. The van der Waals surface area contributed by atoms with Crippen molar-refractivity contribution in [2.24, 2.45) is 11.8 Å². The molecule has 30 heavy (non-hydrogen) atoms. The number of carbonyl (C=O) groups excluding carboxylic acids is 1. The molecule has 4 unspecified atom stereocenters. The molecule has 2 heterocycles. The average molecular weight is 411 g/mol. The summed E-state index contributed by atoms with van der Waals surface area (Å²) in [5, 5.41) is 10.9. The Hall–Kier alpha value is -2.30. The van der Waals surface area contributed by atoms with Crippen LogP contribution in [0.15, 0.2) is 24.4 Å². The first-order valence-electron chi connectivity index (χ1n) is 11.5. The normalized spacial score (nSPS) is 25.3. The van der Waals surface area contributed by atoms with Gasteiger partial charge in [-0.05, 0) is 60.6 Å². The Morgan fingerprint density at radius 1 is 1.13 bits per heavy atom. The van der Waals surface area contributed by atoms with Gasteiger partial charge in [0.05, 0.1) is 5.92 Å². The molecule has 1 amide bonds. The second-order valence-electron chi connectivity index (χ2n) is 9.61. The molecule has 5 nitrogen and oxygen atoms in total. The van der Waals surface area contributed by atoms with E-state index >= 15 is 0 Å². The lowest BCUT2D eigenvalue weighted by Crippen LogP contribution is -2.53. The summed E-state index contributed by atoms with van der Waals surface area (Å²) in [5.74, 6) is -0.148. The molecule has 0 spiro atoms. The maximum Gasteiger partial charge on any atom is 0.306 e. The van der Waals surface area contributed by atoms with Crippen molar-refractivity contribution in [3.8, 4) is 0 Å². The van der Waals surface area contributed by atoms with Crippen LogP contribution in [-0.4, -0.2) is 39.5 Å². The molecule has 1 saturated heterocycles. The van der Waals surface area contributed by atoms with Gasteiger partial charge < -0.3 is 15.0 Å². The number of carbonyl (C=O) groups is 2. The number of fused-ring (bicyclic) bond motifs is 2. The molecule has 5 heteroatoms. The SMILES string of the molecule is CC(C)c1cccc2[nH]cc(C(C)CC(=O)N3CCCC4C(C(=O)O)CCCC43)c12. The van der Waals surface area contributed by atoms with Crippen molar-refractivity contribution in [2.45, 2.75) is 77.2 Å². The van der Waals surface area contributed by atoms with Gasteiger partial charge in [0.25, 0.3) is 0 Å². The summed E-state index contributed by atoms with van der Waals surface area (Å²) >= 11 is 0. The zero-order valence-corrected chi connectivity index (χ0v) is 18.4. The van der Waals surface area contributed by atoms with Gasteiger partial charge in [-0.2, -0.15) is 0 Å². The van der Waals surface area contributed by atoms with Crippen LogP contribution in [-0.2, 0) is 9.59 Å². The first-order chi connectivity index (χ1) is 14.4. The first kappa shape index (κ1) is 21.0. The highest BCUT2D eigenvalue weighted by atomic mass is 16.4. The Morgan fingerprint density at radius 2 is 1.93 bits per heavy atom. The van der Waals surface area contributed by atoms with Gasteiger partial charge >= 0.3 is 5.97 Å². The van der Waals surface area contributed by atoms with Crippen LogP contribution >= 0.6 is 0 Å². The Balaban J connectivity index is 1.54. The first-order valence-corrected chi connectivity index (χ1v) is 11.5. The molecule has 1 aromatic heterocycles. The van der Waals surface area contributed by atoms with E-state index in [0.717, 1.165) is 44.2 Å². The summed E-state index contributed by atoms with van der Waals surface area (Å²) in [4.78, 5) is 30.5. The largest absolute Gasteiger partial charge is 0.481 e. The minimum absolute atomic E-state index is 0.0995. The number of nitrogens with zero attached hydrogens (tertiary/aromatic N) is 1. The third-order valence-electron chi connectivity index (χ3n) is 7.40. The lowest BCUT2D eigenvalue weighted by molar-refractivity contribution is -0.152. The summed E-state index contributed by atoms with van der Waals surface area (Å²) in [5.41, 5.74) is 3.66. The number of benzene rings is 1. The lowest BCUT2D eigenvalue weighted by atomic mass is 9.71. The number of nitrogens with one attached hydrogen (secondary N) is 1. The number of aromatic nitrogens is 1. The molecule has 2 N–H and O–H groups in total. The molecule has 0 bridgehead atoms. The summed E-state index contributed by atoms with van der Waals surface area (Å²) in [6.45, 7) is 7.32. The van der Waals surface area contributed by atoms with E-state index in [9.17, 15) is 14.7 Å². The molecule has 4 rings (SSSR count). The number of aromatic amines is 1. The third-order valence-corrected chi connectivity index (χ3v) is 7.40. The summed E-state index contributed by atoms with van der Waals surface area (Å²) in [7, 11) is 0. The number of likely N-dealkylation sites (tertiary alicyclic amines) is 1. The molecular formula is C25H34N2O3. The van der Waals surface area contributed by atoms with Crippen LogP contribution < -0.4 is 0 Å². The minimum atomic E-state index is -0.688. The smallest absolute Gasteiger partial charge is 0.306 e. The van der Waals surface area contributed by atoms with Gasteiger partial charge in [0, 0.05) is 36.1 Å². The van der Waals surface area contributed by atoms with E-state index in [1.807, 2.05) is 4.90 Å². The van der Waals surface area contributed by atoms with Crippen molar-refractivity contribution in [2.75, 3.05) is 6.54 Å². The number of piperidine rings is 1. The molecule has 4 atom stereocenters. The van der Waals surface area contributed by atoms with Gasteiger partial charge in [0.1, 0.15) is 0 Å². The van der Waals surface area contributed by atoms with Crippen LogP contribution in [0.25, 0.3) is 10.9 Å². The van der Waals surface area contributed by atoms with Gasteiger partial charge in [-0.25, -0.2) is 0 Å². The highest BCUT2D eigenvalue weighted by molar-refractivity contribution is 5.88. The van der Waals surface area contributed by atoms with Crippen LogP contribution in [0.4, 0.5) is 0 Å². The van der Waals surface area contributed by atoms with Gasteiger partial charge in [0.2, 0.25) is 5.91 Å². The fraction of sp³-hybridized carbons (Fsp3) is 0.600. The Morgan fingerprint density at radius 3 is 2.67 bits per heavy atom. The highest BCUT2D eigenvalue weighted by Crippen LogP contribution is 2.40. The van der Waals surface area contributed by atoms with Gasteiger partial charge in [-0.1, -0.05) is 39.3 Å². The molecule has 162 valence electrons. The summed E-state index contributed by atoms with van der Waals surface area (Å²) in [6, 6.07) is 6.47. The van der Waals surface area contributed by atoms with Crippen LogP contribution in [0.3, 0.4) is 0 Å². The minimum Gasteiger partial charge on any atom is -0.481 e. The summed E-state index contributed by atoms with van der Waals surface area (Å²) in [6.07, 6.45) is 6.98. The van der Waals surface area contributed by atoms with Crippen LogP contribution in [0, 0.1) is 11.8 Å². The van der Waals surface area contributed by atoms with E-state index in [1.165, 1.54) is 16.5 Å². The topological polar surface area (TPSA) is 73.4 Å². The third kappa shape index (κ3) is 3.75. The molecular weight excluding hydrogens is 376 g/mol. The number of aliphatic carboxylic acids is 1. The molecule has 2 fully saturated rings. The number of carboxylic acids is 1. The molecule has 0 radical (unpaired) electrons. The van der Waals surface area contributed by atoms with E-state index < -0.39 is 5.97 Å². The molecule has 1 aliphatic carbocycles. The average Bonchev–Trinajstić information content (AvgIpc) is 3.16. The van der Waals surface area contributed by atoms with Crippen molar-refractivity contribution < 1.29 is 14.7 Å². The Bertz CT molecular complexity index is 932. The highest BCUT2D eigenvalue weighted by Gasteiger charge is 2.43. The van der Waals surface area contributed by atoms with Crippen molar-refractivity contribution >= 4 is 22.8 Å². The second kappa shape index (κ2) is 8.44. The van der Waals surface area contributed by atoms with Crippen molar-refractivity contribution in [3.63, 3.8) is 0 Å². The van der Waals surface area contributed by atoms with Crippen molar-refractivity contribution in [1.82, 2.24) is 9.88 Å². The van der Waals surface area contributed by atoms with Crippen LogP contribution in [0.1, 0.15) is 82.3 Å². The predicted molar refractivity (Wildman–Crippen MR) is 119 cm³/mol.